The van der Waals surface area contributed by atoms with Gasteiger partial charge in [0.1, 0.15) is 0 Å². The van der Waals surface area contributed by atoms with E-state index < -0.39 is 0 Å². The van der Waals surface area contributed by atoms with Gasteiger partial charge in [0, 0.05) is 6.42 Å². The first kappa shape index (κ1) is 15.9. The zero-order valence-electron chi connectivity index (χ0n) is 10.2. The second-order valence-electron chi connectivity index (χ2n) is 3.36. The van der Waals surface area contributed by atoms with Crippen molar-refractivity contribution in [2.45, 2.75) is 53.4 Å². The predicted molar refractivity (Wildman–Crippen MR) is 64.4 cm³/mol. The molecule has 1 unspecified atom stereocenters. The van der Waals surface area contributed by atoms with Crippen LogP contribution in [0.5, 0.6) is 0 Å². The molecule has 0 aliphatic heterocycles. The molecule has 0 aliphatic rings. The molecule has 3 N–H and O–H groups in total. The highest BCUT2D eigenvalue weighted by Gasteiger charge is 2.00. The second-order valence-corrected chi connectivity index (χ2v) is 3.36. The van der Waals surface area contributed by atoms with Crippen molar-refractivity contribution in [2.75, 3.05) is 6.54 Å². The predicted octanol–water partition coefficient (Wildman–Crippen LogP) is 3.63. The van der Waals surface area contributed by atoms with Crippen LogP contribution in [0.3, 0.4) is 0 Å². The molecule has 0 radical (unpaired) electrons. The third-order valence-electron chi connectivity index (χ3n) is 1.96. The Balaban J connectivity index is 0. The lowest BCUT2D eigenvalue weighted by atomic mass is 10.0. The summed E-state index contributed by atoms with van der Waals surface area (Å²) in [6, 6.07) is 0. The van der Waals surface area contributed by atoms with E-state index in [4.69, 9.17) is 5.73 Å². The fourth-order valence-corrected chi connectivity index (χ4v) is 0.925. The van der Waals surface area contributed by atoms with Gasteiger partial charge in [0.25, 0.3) is 0 Å². The summed E-state index contributed by atoms with van der Waals surface area (Å²) < 4.78 is 0. The molecule has 0 aromatic heterocycles. The number of allylic oxidation sites excluding steroid dienone is 2. The number of hydrogen-bond donors (Lipinski definition) is 2. The van der Waals surface area contributed by atoms with Crippen LogP contribution in [-0.2, 0) is 0 Å². The lowest BCUT2D eigenvalue weighted by Gasteiger charge is -2.06. The van der Waals surface area contributed by atoms with Crippen molar-refractivity contribution in [3.05, 3.63) is 11.8 Å². The van der Waals surface area contributed by atoms with Crippen molar-refractivity contribution in [1.82, 2.24) is 0 Å². The maximum absolute atomic E-state index is 9.34. The molecule has 0 amide bonds. The highest BCUT2D eigenvalue weighted by molar-refractivity contribution is 4.90. The van der Waals surface area contributed by atoms with Gasteiger partial charge in [-0.05, 0) is 31.4 Å². The Kier molecular flexibility index (Phi) is 14.2. The fourth-order valence-electron chi connectivity index (χ4n) is 0.925. The van der Waals surface area contributed by atoms with E-state index in [0.29, 0.717) is 18.2 Å². The lowest BCUT2D eigenvalue weighted by Crippen LogP contribution is -2.10. The van der Waals surface area contributed by atoms with E-state index in [2.05, 4.69) is 13.8 Å². The number of nitrogens with two attached hydrogens (primary N) is 1. The van der Waals surface area contributed by atoms with E-state index in [1.165, 1.54) is 0 Å². The normalized spacial score (nSPS) is 13.1. The summed E-state index contributed by atoms with van der Waals surface area (Å²) in [4.78, 5) is 0. The van der Waals surface area contributed by atoms with E-state index in [1.54, 1.807) is 0 Å². The van der Waals surface area contributed by atoms with Crippen molar-refractivity contribution >= 4 is 0 Å². The summed E-state index contributed by atoms with van der Waals surface area (Å²) in [6.07, 6.45) is 5.74. The van der Waals surface area contributed by atoms with Crippen molar-refractivity contribution in [3.8, 4) is 0 Å². The molecule has 2 nitrogen and oxygen atoms in total. The first-order valence-corrected chi connectivity index (χ1v) is 5.78. The Labute approximate surface area is 89.2 Å². The molecule has 86 valence electrons. The third-order valence-corrected chi connectivity index (χ3v) is 1.96. The molecule has 0 fully saturated rings. The van der Waals surface area contributed by atoms with Crippen LogP contribution in [0.15, 0.2) is 11.8 Å². The molecule has 2 heteroatoms. The Morgan fingerprint density at radius 1 is 1.43 bits per heavy atom. The van der Waals surface area contributed by atoms with Gasteiger partial charge in [-0.3, -0.25) is 0 Å². The van der Waals surface area contributed by atoms with Gasteiger partial charge in [0.05, 0.1) is 5.76 Å². The molecule has 1 atom stereocenters. The summed E-state index contributed by atoms with van der Waals surface area (Å²) in [7, 11) is 0. The van der Waals surface area contributed by atoms with Gasteiger partial charge in [0.15, 0.2) is 0 Å². The minimum Gasteiger partial charge on any atom is -0.513 e. The molecule has 0 heterocycles. The molecule has 0 spiro atoms. The van der Waals surface area contributed by atoms with Crippen molar-refractivity contribution in [1.29, 1.82) is 0 Å². The maximum Gasteiger partial charge on any atom is 0.0882 e. The summed E-state index contributed by atoms with van der Waals surface area (Å²) in [5.41, 5.74) is 5.46. The number of rotatable bonds is 6. The van der Waals surface area contributed by atoms with Crippen LogP contribution < -0.4 is 5.73 Å². The fraction of sp³-hybridized carbons (Fsp3) is 0.833. The molecule has 0 rings (SSSR count). The van der Waals surface area contributed by atoms with Crippen LogP contribution in [0, 0.1) is 5.92 Å². The molecule has 0 aromatic carbocycles. The van der Waals surface area contributed by atoms with Gasteiger partial charge >= 0.3 is 0 Å². The molecule has 0 saturated carbocycles. The van der Waals surface area contributed by atoms with E-state index in [9.17, 15) is 5.11 Å². The van der Waals surface area contributed by atoms with Crippen LogP contribution in [0.4, 0.5) is 0 Å². The summed E-state index contributed by atoms with van der Waals surface area (Å²) >= 11 is 0. The van der Waals surface area contributed by atoms with Gasteiger partial charge in [-0.15, -0.1) is 0 Å². The van der Waals surface area contributed by atoms with Crippen LogP contribution in [0.2, 0.25) is 0 Å². The highest BCUT2D eigenvalue weighted by atomic mass is 16.3. The Morgan fingerprint density at radius 3 is 2.43 bits per heavy atom. The largest absolute Gasteiger partial charge is 0.513 e. The Hall–Kier alpha value is -0.500. The van der Waals surface area contributed by atoms with E-state index >= 15 is 0 Å². The van der Waals surface area contributed by atoms with Gasteiger partial charge in [-0.25, -0.2) is 0 Å². The van der Waals surface area contributed by atoms with E-state index in [-0.39, 0.29) is 0 Å². The highest BCUT2D eigenvalue weighted by Crippen LogP contribution is 2.09. The Bertz CT molecular complexity index is 132. The van der Waals surface area contributed by atoms with Crippen LogP contribution >= 0.6 is 0 Å². The molecule has 0 saturated heterocycles. The number of hydrogen-bond acceptors (Lipinski definition) is 2. The number of aliphatic hydroxyl groups is 1. The molecule has 14 heavy (non-hydrogen) atoms. The topological polar surface area (TPSA) is 46.2 Å². The first-order valence-electron chi connectivity index (χ1n) is 5.78. The minimum absolute atomic E-state index is 0.516. The van der Waals surface area contributed by atoms with Crippen LogP contribution in [-0.4, -0.2) is 11.7 Å². The van der Waals surface area contributed by atoms with Crippen molar-refractivity contribution in [3.63, 3.8) is 0 Å². The van der Waals surface area contributed by atoms with E-state index in [0.717, 1.165) is 25.7 Å². The summed E-state index contributed by atoms with van der Waals surface area (Å²) in [5, 5.41) is 9.34. The van der Waals surface area contributed by atoms with Crippen LogP contribution in [0.25, 0.3) is 0 Å². The smallest absolute Gasteiger partial charge is 0.0882 e. The van der Waals surface area contributed by atoms with Gasteiger partial charge in [0.2, 0.25) is 0 Å². The average Bonchev–Trinajstić information content (AvgIpc) is 2.25. The van der Waals surface area contributed by atoms with E-state index in [1.807, 2.05) is 19.9 Å². The SMILES string of the molecule is CC.CCC/C=C(/O)CCC(C)CN. The Morgan fingerprint density at radius 2 is 2.00 bits per heavy atom. The van der Waals surface area contributed by atoms with Crippen LogP contribution in [0.1, 0.15) is 53.4 Å². The quantitative estimate of drug-likeness (QED) is 0.645. The minimum atomic E-state index is 0.516. The number of unbranched alkanes of at least 4 members (excludes halogenated alkanes) is 1. The second kappa shape index (κ2) is 12.5. The molecular formula is C12H27NO. The molecule has 0 aliphatic carbocycles. The zero-order chi connectivity index (χ0) is 11.4. The van der Waals surface area contributed by atoms with Gasteiger partial charge < -0.3 is 10.8 Å². The lowest BCUT2D eigenvalue weighted by molar-refractivity contribution is 0.366. The maximum atomic E-state index is 9.34. The van der Waals surface area contributed by atoms with Crippen molar-refractivity contribution in [2.24, 2.45) is 11.7 Å². The monoisotopic (exact) mass is 201 g/mol. The average molecular weight is 201 g/mol. The molecule has 0 aromatic rings. The molecule has 0 bridgehead atoms. The molecular weight excluding hydrogens is 174 g/mol. The summed E-state index contributed by atoms with van der Waals surface area (Å²) in [5.74, 6) is 1.04. The van der Waals surface area contributed by atoms with Gasteiger partial charge in [-0.2, -0.15) is 0 Å². The zero-order valence-corrected chi connectivity index (χ0v) is 10.2. The van der Waals surface area contributed by atoms with Crippen molar-refractivity contribution < 1.29 is 5.11 Å². The number of aliphatic hydroxyl groups excluding tert-OH is 1. The summed E-state index contributed by atoms with van der Waals surface area (Å²) in [6.45, 7) is 8.92. The first-order chi connectivity index (χ1) is 6.70. The standard InChI is InChI=1S/C10H21NO.C2H6/c1-3-4-5-10(12)7-6-9(2)8-11;1-2/h5,9,12H,3-4,6-8,11H2,1-2H3;1-2H3/b10-5+;. The third kappa shape index (κ3) is 11.5. The van der Waals surface area contributed by atoms with Gasteiger partial charge in [-0.1, -0.05) is 34.1 Å².